The number of nitrogens with zero attached hydrogens (tertiary/aromatic N) is 3. The molecule has 1 aliphatic rings. The number of morpholine rings is 1. The number of rotatable bonds is 10. The van der Waals surface area contributed by atoms with Crippen LogP contribution < -0.4 is 4.90 Å². The monoisotopic (exact) mass is 487 g/mol. The van der Waals surface area contributed by atoms with E-state index in [-0.39, 0.29) is 11.7 Å². The third-order valence-corrected chi connectivity index (χ3v) is 7.82. The number of hydrogen-bond acceptors (Lipinski definition) is 6. The second-order valence-electron chi connectivity index (χ2n) is 8.02. The van der Waals surface area contributed by atoms with Crippen molar-refractivity contribution in [3.63, 3.8) is 0 Å². The van der Waals surface area contributed by atoms with Crippen LogP contribution in [0.15, 0.2) is 47.4 Å². The average Bonchev–Trinajstić information content (AvgIpc) is 3.27. The van der Waals surface area contributed by atoms with Gasteiger partial charge in [-0.3, -0.25) is 14.6 Å². The molecule has 4 rings (SSSR count). The van der Waals surface area contributed by atoms with Crippen LogP contribution in [-0.4, -0.2) is 60.9 Å². The van der Waals surface area contributed by atoms with E-state index in [4.69, 9.17) is 9.72 Å². The zero-order valence-electron chi connectivity index (χ0n) is 19.0. The first-order valence-corrected chi connectivity index (χ1v) is 13.3. The molecule has 0 radical (unpaired) electrons. The first-order chi connectivity index (χ1) is 16.1. The van der Waals surface area contributed by atoms with Crippen molar-refractivity contribution >= 4 is 44.4 Å². The molecule has 0 atom stereocenters. The number of carbonyl (C=O) groups is 1. The first kappa shape index (κ1) is 24.1. The number of benzene rings is 2. The van der Waals surface area contributed by atoms with Crippen molar-refractivity contribution in [1.82, 2.24) is 9.88 Å². The van der Waals surface area contributed by atoms with Gasteiger partial charge in [-0.1, -0.05) is 30.4 Å². The van der Waals surface area contributed by atoms with Crippen LogP contribution in [0.5, 0.6) is 0 Å². The maximum atomic E-state index is 13.3. The van der Waals surface area contributed by atoms with E-state index in [2.05, 4.69) is 30.0 Å². The molecule has 176 valence electrons. The smallest absolute Gasteiger partial charge is 0.229 e. The van der Waals surface area contributed by atoms with E-state index >= 15 is 0 Å². The van der Waals surface area contributed by atoms with E-state index in [0.29, 0.717) is 18.7 Å². The standard InChI is InChI=1S/C25H30FN3O2S2/c1-2-19-5-3-6-22-24(19)27-25(33-22)29(13-4-12-28-14-16-31-17-15-28)23(30)11-18-32-21-9-7-20(26)8-10-21/h3,5-10H,2,4,11-18H2,1H3. The number of thioether (sulfide) groups is 1. The Balaban J connectivity index is 1.44. The minimum absolute atomic E-state index is 0.0868. The highest BCUT2D eigenvalue weighted by atomic mass is 32.2. The maximum absolute atomic E-state index is 13.3. The predicted octanol–water partition coefficient (Wildman–Crippen LogP) is 5.24. The molecule has 0 N–H and O–H groups in total. The quantitative estimate of drug-likeness (QED) is 0.366. The molecule has 3 aromatic rings. The number of anilines is 1. The van der Waals surface area contributed by atoms with E-state index in [1.807, 2.05) is 4.90 Å². The lowest BCUT2D eigenvalue weighted by Gasteiger charge is -2.27. The van der Waals surface area contributed by atoms with Gasteiger partial charge >= 0.3 is 0 Å². The van der Waals surface area contributed by atoms with Gasteiger partial charge in [-0.05, 0) is 48.7 Å². The van der Waals surface area contributed by atoms with Crippen molar-refractivity contribution in [2.75, 3.05) is 50.0 Å². The molecule has 2 heterocycles. The molecule has 0 saturated carbocycles. The van der Waals surface area contributed by atoms with Crippen LogP contribution in [-0.2, 0) is 16.0 Å². The van der Waals surface area contributed by atoms with Crippen LogP contribution in [0.1, 0.15) is 25.3 Å². The maximum Gasteiger partial charge on any atom is 0.229 e. The molecule has 5 nitrogen and oxygen atoms in total. The molecular weight excluding hydrogens is 457 g/mol. The zero-order chi connectivity index (χ0) is 23.0. The summed E-state index contributed by atoms with van der Waals surface area (Å²) in [7, 11) is 0. The summed E-state index contributed by atoms with van der Waals surface area (Å²) in [6.07, 6.45) is 2.23. The van der Waals surface area contributed by atoms with Gasteiger partial charge in [-0.2, -0.15) is 0 Å². The summed E-state index contributed by atoms with van der Waals surface area (Å²) >= 11 is 3.17. The Morgan fingerprint density at radius 2 is 2.00 bits per heavy atom. The molecule has 1 fully saturated rings. The number of thiazole rings is 1. The molecule has 8 heteroatoms. The molecule has 1 saturated heterocycles. The SMILES string of the molecule is CCc1cccc2sc(N(CCCN3CCOCC3)C(=O)CCSc3ccc(F)cc3)nc12. The van der Waals surface area contributed by atoms with Crippen molar-refractivity contribution in [3.05, 3.63) is 53.8 Å². The number of amides is 1. The molecule has 0 unspecified atom stereocenters. The van der Waals surface area contributed by atoms with Gasteiger partial charge in [-0.15, -0.1) is 11.8 Å². The molecule has 0 aliphatic carbocycles. The number of aryl methyl sites for hydroxylation is 1. The molecule has 1 aromatic heterocycles. The fourth-order valence-electron chi connectivity index (χ4n) is 3.92. The third kappa shape index (κ3) is 6.53. The fourth-order valence-corrected chi connectivity index (χ4v) is 5.82. The number of halogens is 1. The summed E-state index contributed by atoms with van der Waals surface area (Å²) in [4.78, 5) is 23.4. The Hall–Kier alpha value is -2.00. The minimum Gasteiger partial charge on any atom is -0.379 e. The fraction of sp³-hybridized carbons (Fsp3) is 0.440. The van der Waals surface area contributed by atoms with E-state index in [0.717, 1.165) is 65.9 Å². The van der Waals surface area contributed by atoms with Gasteiger partial charge in [-0.25, -0.2) is 9.37 Å². The van der Waals surface area contributed by atoms with Crippen LogP contribution in [0.4, 0.5) is 9.52 Å². The second-order valence-corrected chi connectivity index (χ2v) is 10.2. The number of carbonyl (C=O) groups excluding carboxylic acids is 1. The first-order valence-electron chi connectivity index (χ1n) is 11.5. The van der Waals surface area contributed by atoms with E-state index in [1.165, 1.54) is 17.7 Å². The number of fused-ring (bicyclic) bond motifs is 1. The van der Waals surface area contributed by atoms with Crippen molar-refractivity contribution in [2.45, 2.75) is 31.1 Å². The van der Waals surface area contributed by atoms with Crippen molar-refractivity contribution in [3.8, 4) is 0 Å². The Bertz CT molecular complexity index is 1050. The lowest BCUT2D eigenvalue weighted by Crippen LogP contribution is -2.39. The van der Waals surface area contributed by atoms with Crippen LogP contribution >= 0.6 is 23.1 Å². The molecule has 1 aliphatic heterocycles. The van der Waals surface area contributed by atoms with Gasteiger partial charge in [0.05, 0.1) is 23.4 Å². The van der Waals surface area contributed by atoms with Gasteiger partial charge in [0.25, 0.3) is 0 Å². The highest BCUT2D eigenvalue weighted by molar-refractivity contribution is 7.99. The zero-order valence-corrected chi connectivity index (χ0v) is 20.6. The predicted molar refractivity (Wildman–Crippen MR) is 135 cm³/mol. The minimum atomic E-state index is -0.246. The molecular formula is C25H30FN3O2S2. The lowest BCUT2D eigenvalue weighted by atomic mass is 10.1. The Morgan fingerprint density at radius 3 is 2.76 bits per heavy atom. The van der Waals surface area contributed by atoms with E-state index in [9.17, 15) is 9.18 Å². The topological polar surface area (TPSA) is 45.7 Å². The molecule has 0 bridgehead atoms. The van der Waals surface area contributed by atoms with Crippen LogP contribution in [0.3, 0.4) is 0 Å². The molecule has 2 aromatic carbocycles. The van der Waals surface area contributed by atoms with Crippen LogP contribution in [0.2, 0.25) is 0 Å². The Morgan fingerprint density at radius 1 is 1.21 bits per heavy atom. The molecule has 33 heavy (non-hydrogen) atoms. The van der Waals surface area contributed by atoms with Gasteiger partial charge < -0.3 is 4.74 Å². The summed E-state index contributed by atoms with van der Waals surface area (Å²) < 4.78 is 19.7. The van der Waals surface area contributed by atoms with Crippen molar-refractivity contribution in [2.24, 2.45) is 0 Å². The van der Waals surface area contributed by atoms with Crippen molar-refractivity contribution < 1.29 is 13.9 Å². The van der Waals surface area contributed by atoms with Gasteiger partial charge in [0.15, 0.2) is 5.13 Å². The summed E-state index contributed by atoms with van der Waals surface area (Å²) in [6.45, 7) is 7.18. The Labute approximate surface area is 202 Å². The molecule has 0 spiro atoms. The van der Waals surface area contributed by atoms with Crippen LogP contribution in [0.25, 0.3) is 10.2 Å². The third-order valence-electron chi connectivity index (χ3n) is 5.76. The lowest BCUT2D eigenvalue weighted by molar-refractivity contribution is -0.118. The summed E-state index contributed by atoms with van der Waals surface area (Å²) in [5.41, 5.74) is 2.22. The highest BCUT2D eigenvalue weighted by Gasteiger charge is 2.21. The summed E-state index contributed by atoms with van der Waals surface area (Å²) in [5, 5.41) is 0.782. The van der Waals surface area contributed by atoms with Gasteiger partial charge in [0.2, 0.25) is 5.91 Å². The summed E-state index contributed by atoms with van der Waals surface area (Å²) in [6, 6.07) is 12.7. The number of para-hydroxylation sites is 1. The number of ether oxygens (including phenoxy) is 1. The largest absolute Gasteiger partial charge is 0.379 e. The van der Waals surface area contributed by atoms with Gasteiger partial charge in [0.1, 0.15) is 5.82 Å². The van der Waals surface area contributed by atoms with E-state index in [1.54, 1.807) is 35.2 Å². The highest BCUT2D eigenvalue weighted by Crippen LogP contribution is 2.32. The molecule has 1 amide bonds. The second kappa shape index (κ2) is 11.9. The average molecular weight is 488 g/mol. The normalized spacial score (nSPS) is 14.6. The number of hydrogen-bond donors (Lipinski definition) is 0. The Kier molecular flexibility index (Phi) is 8.72. The van der Waals surface area contributed by atoms with Crippen LogP contribution in [0, 0.1) is 5.82 Å². The number of aromatic nitrogens is 1. The van der Waals surface area contributed by atoms with Crippen molar-refractivity contribution in [1.29, 1.82) is 0 Å². The van der Waals surface area contributed by atoms with E-state index < -0.39 is 0 Å². The summed E-state index contributed by atoms with van der Waals surface area (Å²) in [5.74, 6) is 0.489. The van der Waals surface area contributed by atoms with Gasteiger partial charge in [0, 0.05) is 43.2 Å².